The molecule has 1 fully saturated rings. The highest BCUT2D eigenvalue weighted by molar-refractivity contribution is 5.58. The molecule has 1 atom stereocenters. The summed E-state index contributed by atoms with van der Waals surface area (Å²) < 4.78 is 1.90. The van der Waals surface area contributed by atoms with Crippen molar-refractivity contribution in [3.8, 4) is 11.4 Å². The summed E-state index contributed by atoms with van der Waals surface area (Å²) >= 11 is 0. The van der Waals surface area contributed by atoms with Gasteiger partial charge in [-0.25, -0.2) is 4.98 Å². The minimum absolute atomic E-state index is 0.349. The number of piperidine rings is 1. The molecule has 0 aromatic carbocycles. The molecule has 0 saturated carbocycles. The van der Waals surface area contributed by atoms with Crippen LogP contribution in [0.25, 0.3) is 17.2 Å². The molecular weight excluding hydrogens is 312 g/mol. The molecule has 130 valence electrons. The molecule has 6 nitrogen and oxygen atoms in total. The van der Waals surface area contributed by atoms with Crippen molar-refractivity contribution in [3.63, 3.8) is 0 Å². The Morgan fingerprint density at radius 1 is 1.20 bits per heavy atom. The highest BCUT2D eigenvalue weighted by atomic mass is 15.4. The zero-order valence-corrected chi connectivity index (χ0v) is 15.1. The molecule has 1 saturated heterocycles. The Labute approximate surface area is 147 Å². The van der Waals surface area contributed by atoms with Crippen LogP contribution in [0.2, 0.25) is 0 Å². The topological polar surface area (TPSA) is 59.2 Å². The summed E-state index contributed by atoms with van der Waals surface area (Å²) in [6.07, 6.45) is 7.28. The molecule has 1 aliphatic rings. The third-order valence-electron chi connectivity index (χ3n) is 4.92. The Hall–Kier alpha value is -2.50. The van der Waals surface area contributed by atoms with E-state index in [9.17, 15) is 0 Å². The van der Waals surface area contributed by atoms with E-state index in [0.29, 0.717) is 23.6 Å². The van der Waals surface area contributed by atoms with Crippen molar-refractivity contribution in [3.05, 3.63) is 36.3 Å². The second-order valence-electron chi connectivity index (χ2n) is 7.12. The van der Waals surface area contributed by atoms with Gasteiger partial charge in [0, 0.05) is 36.6 Å². The van der Waals surface area contributed by atoms with Gasteiger partial charge >= 0.3 is 0 Å². The summed E-state index contributed by atoms with van der Waals surface area (Å²) in [7, 11) is 0. The largest absolute Gasteiger partial charge is 0.354 e. The summed E-state index contributed by atoms with van der Waals surface area (Å²) in [6, 6.07) is 6.57. The van der Waals surface area contributed by atoms with Gasteiger partial charge in [0.25, 0.3) is 5.78 Å². The van der Waals surface area contributed by atoms with Crippen LogP contribution >= 0.6 is 0 Å². The molecule has 0 bridgehead atoms. The molecular formula is C19H24N6. The van der Waals surface area contributed by atoms with Gasteiger partial charge in [0.15, 0.2) is 5.82 Å². The van der Waals surface area contributed by atoms with Crippen LogP contribution in [0, 0.1) is 0 Å². The number of rotatable bonds is 3. The maximum Gasteiger partial charge on any atom is 0.254 e. The molecule has 4 rings (SSSR count). The Bertz CT molecular complexity index is 870. The van der Waals surface area contributed by atoms with Gasteiger partial charge in [-0.2, -0.15) is 9.50 Å². The Morgan fingerprint density at radius 3 is 2.80 bits per heavy atom. The van der Waals surface area contributed by atoms with Crippen molar-refractivity contribution in [1.82, 2.24) is 24.6 Å². The van der Waals surface area contributed by atoms with Crippen molar-refractivity contribution >= 4 is 11.6 Å². The minimum Gasteiger partial charge on any atom is -0.354 e. The van der Waals surface area contributed by atoms with Crippen molar-refractivity contribution in [2.75, 3.05) is 11.4 Å². The van der Waals surface area contributed by atoms with E-state index in [1.54, 1.807) is 12.4 Å². The van der Waals surface area contributed by atoms with E-state index in [-0.39, 0.29) is 0 Å². The van der Waals surface area contributed by atoms with Gasteiger partial charge in [-0.1, -0.05) is 13.8 Å². The summed E-state index contributed by atoms with van der Waals surface area (Å²) in [5.41, 5.74) is 1.97. The first kappa shape index (κ1) is 16.0. The average Bonchev–Trinajstić information content (AvgIpc) is 3.06. The first-order valence-electron chi connectivity index (χ1n) is 9.08. The molecule has 0 N–H and O–H groups in total. The van der Waals surface area contributed by atoms with Gasteiger partial charge in [0.2, 0.25) is 0 Å². The average molecular weight is 336 g/mol. The van der Waals surface area contributed by atoms with Crippen LogP contribution in [-0.2, 0) is 0 Å². The van der Waals surface area contributed by atoms with Crippen molar-refractivity contribution in [1.29, 1.82) is 0 Å². The van der Waals surface area contributed by atoms with Crippen LogP contribution in [0.1, 0.15) is 51.6 Å². The maximum atomic E-state index is 4.75. The molecule has 0 radical (unpaired) electrons. The zero-order valence-electron chi connectivity index (χ0n) is 15.1. The molecule has 25 heavy (non-hydrogen) atoms. The van der Waals surface area contributed by atoms with Crippen molar-refractivity contribution < 1.29 is 0 Å². The third kappa shape index (κ3) is 2.97. The van der Waals surface area contributed by atoms with Crippen LogP contribution in [-0.4, -0.2) is 37.2 Å². The number of nitrogens with zero attached hydrogens (tertiary/aromatic N) is 6. The van der Waals surface area contributed by atoms with Crippen LogP contribution < -0.4 is 4.90 Å². The summed E-state index contributed by atoms with van der Waals surface area (Å²) in [5, 5.41) is 4.75. The smallest absolute Gasteiger partial charge is 0.254 e. The zero-order chi connectivity index (χ0) is 17.4. The third-order valence-corrected chi connectivity index (χ3v) is 4.92. The van der Waals surface area contributed by atoms with Gasteiger partial charge in [-0.15, -0.1) is 5.10 Å². The number of hydrogen-bond acceptors (Lipinski definition) is 5. The number of pyridine rings is 1. The molecule has 3 aromatic rings. The van der Waals surface area contributed by atoms with Crippen LogP contribution in [0.4, 0.5) is 5.82 Å². The van der Waals surface area contributed by atoms with E-state index in [0.717, 1.165) is 23.6 Å². The predicted octanol–water partition coefficient (Wildman–Crippen LogP) is 3.69. The Kier molecular flexibility index (Phi) is 4.11. The fourth-order valence-corrected chi connectivity index (χ4v) is 3.43. The van der Waals surface area contributed by atoms with Gasteiger partial charge in [0.05, 0.1) is 5.69 Å². The SMILES string of the molecule is CC(C)c1cc(N2CCCC[C@@H]2C)n2nc(-c3cccnc3)nc2n1. The van der Waals surface area contributed by atoms with Crippen molar-refractivity contribution in [2.24, 2.45) is 0 Å². The Morgan fingerprint density at radius 2 is 2.08 bits per heavy atom. The van der Waals surface area contributed by atoms with E-state index in [1.165, 1.54) is 19.3 Å². The lowest BCUT2D eigenvalue weighted by molar-refractivity contribution is 0.477. The van der Waals surface area contributed by atoms with E-state index in [2.05, 4.69) is 41.7 Å². The number of hydrogen-bond donors (Lipinski definition) is 0. The van der Waals surface area contributed by atoms with E-state index < -0.39 is 0 Å². The molecule has 0 unspecified atom stereocenters. The number of aromatic nitrogens is 5. The molecule has 0 spiro atoms. The molecule has 0 amide bonds. The van der Waals surface area contributed by atoms with Crippen molar-refractivity contribution in [2.45, 2.75) is 52.0 Å². The monoisotopic (exact) mass is 336 g/mol. The molecule has 1 aliphatic heterocycles. The quantitative estimate of drug-likeness (QED) is 0.730. The summed E-state index contributed by atoms with van der Waals surface area (Å²) in [6.45, 7) is 7.68. The second-order valence-corrected chi connectivity index (χ2v) is 7.12. The summed E-state index contributed by atoms with van der Waals surface area (Å²) in [5.74, 6) is 2.79. The predicted molar refractivity (Wildman–Crippen MR) is 98.8 cm³/mol. The fourth-order valence-electron chi connectivity index (χ4n) is 3.43. The normalized spacial score (nSPS) is 18.2. The van der Waals surface area contributed by atoms with Gasteiger partial charge in [-0.05, 0) is 44.2 Å². The second kappa shape index (κ2) is 6.43. The summed E-state index contributed by atoms with van der Waals surface area (Å²) in [4.78, 5) is 16.1. The standard InChI is InChI=1S/C19H24N6/c1-13(2)16-11-17(24-10-5-4-7-14(24)3)25-19(21-16)22-18(23-25)15-8-6-9-20-12-15/h6,8-9,11-14H,4-5,7,10H2,1-3H3/t14-/m0/s1. The first-order valence-corrected chi connectivity index (χ1v) is 9.08. The number of fused-ring (bicyclic) bond motifs is 1. The molecule has 0 aliphatic carbocycles. The highest BCUT2D eigenvalue weighted by Crippen LogP contribution is 2.28. The lowest BCUT2D eigenvalue weighted by atomic mass is 10.0. The van der Waals surface area contributed by atoms with Gasteiger partial charge < -0.3 is 4.90 Å². The maximum absolute atomic E-state index is 4.75. The molecule has 3 aromatic heterocycles. The highest BCUT2D eigenvalue weighted by Gasteiger charge is 2.23. The molecule has 6 heteroatoms. The van der Waals surface area contributed by atoms with E-state index >= 15 is 0 Å². The van der Waals surface area contributed by atoms with E-state index in [4.69, 9.17) is 10.1 Å². The van der Waals surface area contributed by atoms with Gasteiger partial charge in [-0.3, -0.25) is 4.98 Å². The lowest BCUT2D eigenvalue weighted by Gasteiger charge is -2.35. The van der Waals surface area contributed by atoms with Crippen LogP contribution in [0.15, 0.2) is 30.6 Å². The lowest BCUT2D eigenvalue weighted by Crippen LogP contribution is -2.38. The Balaban J connectivity index is 1.88. The van der Waals surface area contributed by atoms with Crippen LogP contribution in [0.3, 0.4) is 0 Å². The van der Waals surface area contributed by atoms with Crippen LogP contribution in [0.5, 0.6) is 0 Å². The minimum atomic E-state index is 0.349. The number of anilines is 1. The molecule has 4 heterocycles. The first-order chi connectivity index (χ1) is 12.1. The van der Waals surface area contributed by atoms with Gasteiger partial charge in [0.1, 0.15) is 5.82 Å². The fraction of sp³-hybridized carbons (Fsp3) is 0.474. The van der Waals surface area contributed by atoms with E-state index in [1.807, 2.05) is 16.6 Å².